The lowest BCUT2D eigenvalue weighted by atomic mass is 10.2. The Labute approximate surface area is 144 Å². The fourth-order valence-corrected chi connectivity index (χ4v) is 4.59. The molecule has 2 aromatic carbocycles. The number of rotatable bonds is 2. The summed E-state index contributed by atoms with van der Waals surface area (Å²) >= 11 is 0. The molecule has 2 heterocycles. The van der Waals surface area contributed by atoms with Crippen molar-refractivity contribution in [2.45, 2.75) is 11.3 Å². The van der Waals surface area contributed by atoms with Crippen LogP contribution in [0.25, 0.3) is 0 Å². The van der Waals surface area contributed by atoms with Gasteiger partial charge in [0.15, 0.2) is 0 Å². The average Bonchev–Trinajstić information content (AvgIpc) is 2.97. The second-order valence-electron chi connectivity index (χ2n) is 6.00. The Balaban J connectivity index is 1.82. The van der Waals surface area contributed by atoms with Crippen LogP contribution in [-0.2, 0) is 26.0 Å². The van der Waals surface area contributed by atoms with Gasteiger partial charge in [0, 0.05) is 12.7 Å². The van der Waals surface area contributed by atoms with E-state index in [9.17, 15) is 18.0 Å². The van der Waals surface area contributed by atoms with E-state index in [1.54, 1.807) is 37.4 Å². The highest BCUT2D eigenvalue weighted by Crippen LogP contribution is 2.36. The van der Waals surface area contributed by atoms with Crippen LogP contribution in [0.4, 0.5) is 17.1 Å². The van der Waals surface area contributed by atoms with E-state index in [0.717, 1.165) is 4.31 Å². The molecule has 0 unspecified atom stereocenters. The van der Waals surface area contributed by atoms with Crippen LogP contribution in [0.3, 0.4) is 0 Å². The van der Waals surface area contributed by atoms with Gasteiger partial charge in [0.05, 0.1) is 22.7 Å². The van der Waals surface area contributed by atoms with Crippen LogP contribution < -0.4 is 14.5 Å². The number of hydrogen-bond donors (Lipinski definition) is 1. The van der Waals surface area contributed by atoms with Crippen LogP contribution in [-0.4, -0.2) is 33.8 Å². The SMILES string of the molecule is CN1C(=O)CN(S(=O)(=O)c2ccc3c(c2)CC(=O)N3)c2ccccc21. The fourth-order valence-electron chi connectivity index (χ4n) is 3.11. The molecule has 2 aromatic rings. The van der Waals surface area contributed by atoms with Gasteiger partial charge < -0.3 is 10.2 Å². The van der Waals surface area contributed by atoms with E-state index in [2.05, 4.69) is 5.32 Å². The van der Waals surface area contributed by atoms with E-state index in [-0.39, 0.29) is 29.7 Å². The van der Waals surface area contributed by atoms with E-state index < -0.39 is 10.0 Å². The highest BCUT2D eigenvalue weighted by Gasteiger charge is 2.35. The molecule has 0 saturated carbocycles. The summed E-state index contributed by atoms with van der Waals surface area (Å²) in [5.74, 6) is -0.468. The Morgan fingerprint density at radius 1 is 1.04 bits per heavy atom. The summed E-state index contributed by atoms with van der Waals surface area (Å²) in [5.41, 5.74) is 2.26. The Morgan fingerprint density at radius 3 is 2.52 bits per heavy atom. The van der Waals surface area contributed by atoms with Gasteiger partial charge in [0.1, 0.15) is 6.54 Å². The summed E-state index contributed by atoms with van der Waals surface area (Å²) in [5, 5.41) is 2.68. The van der Waals surface area contributed by atoms with Crippen LogP contribution >= 0.6 is 0 Å². The monoisotopic (exact) mass is 357 g/mol. The summed E-state index contributed by atoms with van der Waals surface area (Å²) in [4.78, 5) is 25.2. The first-order valence-electron chi connectivity index (χ1n) is 7.69. The van der Waals surface area contributed by atoms with E-state index in [0.29, 0.717) is 22.6 Å². The first-order chi connectivity index (χ1) is 11.9. The summed E-state index contributed by atoms with van der Waals surface area (Å²) < 4.78 is 27.4. The molecule has 0 radical (unpaired) electrons. The summed E-state index contributed by atoms with van der Waals surface area (Å²) in [6.07, 6.45) is 0.150. The number of para-hydroxylation sites is 2. The second-order valence-corrected chi connectivity index (χ2v) is 7.86. The number of nitrogens with zero attached hydrogens (tertiary/aromatic N) is 2. The third-order valence-electron chi connectivity index (χ3n) is 4.45. The van der Waals surface area contributed by atoms with Gasteiger partial charge in [0.2, 0.25) is 11.8 Å². The van der Waals surface area contributed by atoms with Crippen molar-refractivity contribution in [3.63, 3.8) is 0 Å². The summed E-state index contributed by atoms with van der Waals surface area (Å²) in [6, 6.07) is 11.4. The minimum atomic E-state index is -3.92. The van der Waals surface area contributed by atoms with Crippen LogP contribution in [0.1, 0.15) is 5.56 Å². The molecule has 7 nitrogen and oxygen atoms in total. The summed E-state index contributed by atoms with van der Waals surface area (Å²) in [7, 11) is -2.30. The third-order valence-corrected chi connectivity index (χ3v) is 6.21. The molecule has 0 atom stereocenters. The molecule has 0 aliphatic carbocycles. The lowest BCUT2D eigenvalue weighted by molar-refractivity contribution is -0.117. The topological polar surface area (TPSA) is 86.8 Å². The molecule has 25 heavy (non-hydrogen) atoms. The predicted molar refractivity (Wildman–Crippen MR) is 93.2 cm³/mol. The lowest BCUT2D eigenvalue weighted by Crippen LogP contribution is -2.46. The molecule has 0 spiro atoms. The average molecular weight is 357 g/mol. The number of amides is 2. The largest absolute Gasteiger partial charge is 0.326 e. The first-order valence-corrected chi connectivity index (χ1v) is 9.13. The Bertz CT molecular complexity index is 1020. The van der Waals surface area contributed by atoms with Crippen molar-refractivity contribution in [1.82, 2.24) is 0 Å². The van der Waals surface area contributed by atoms with Crippen LogP contribution in [0.5, 0.6) is 0 Å². The van der Waals surface area contributed by atoms with Gasteiger partial charge in [0.25, 0.3) is 10.0 Å². The highest BCUT2D eigenvalue weighted by atomic mass is 32.2. The van der Waals surface area contributed by atoms with Gasteiger partial charge in [-0.25, -0.2) is 8.42 Å². The molecular weight excluding hydrogens is 342 g/mol. The van der Waals surface area contributed by atoms with E-state index in [1.807, 2.05) is 0 Å². The van der Waals surface area contributed by atoms with Gasteiger partial charge in [-0.3, -0.25) is 13.9 Å². The molecule has 128 valence electrons. The van der Waals surface area contributed by atoms with Gasteiger partial charge in [-0.15, -0.1) is 0 Å². The van der Waals surface area contributed by atoms with Gasteiger partial charge in [-0.1, -0.05) is 12.1 Å². The standard InChI is InChI=1S/C17H15N3O4S/c1-19-14-4-2-3-5-15(14)20(10-17(19)22)25(23,24)12-6-7-13-11(8-12)9-16(21)18-13/h2-8H,9-10H2,1H3,(H,18,21). The smallest absolute Gasteiger partial charge is 0.264 e. The molecule has 0 bridgehead atoms. The quantitative estimate of drug-likeness (QED) is 0.879. The minimum Gasteiger partial charge on any atom is -0.326 e. The Kier molecular flexibility index (Phi) is 3.33. The number of anilines is 3. The molecule has 4 rings (SSSR count). The molecule has 0 fully saturated rings. The molecule has 2 aliphatic rings. The van der Waals surface area contributed by atoms with Crippen LogP contribution in [0, 0.1) is 0 Å². The molecule has 0 saturated heterocycles. The van der Waals surface area contributed by atoms with E-state index in [4.69, 9.17) is 0 Å². The molecule has 2 amide bonds. The van der Waals surface area contributed by atoms with Crippen molar-refractivity contribution in [3.8, 4) is 0 Å². The number of carbonyl (C=O) groups excluding carboxylic acids is 2. The molecule has 1 N–H and O–H groups in total. The number of hydrogen-bond acceptors (Lipinski definition) is 4. The van der Waals surface area contributed by atoms with Crippen LogP contribution in [0.15, 0.2) is 47.4 Å². The maximum atomic E-state index is 13.1. The Hall–Kier alpha value is -2.87. The predicted octanol–water partition coefficient (Wildman–Crippen LogP) is 1.35. The summed E-state index contributed by atoms with van der Waals surface area (Å²) in [6.45, 7) is -0.260. The van der Waals surface area contributed by atoms with Crippen molar-refractivity contribution in [2.75, 3.05) is 28.1 Å². The van der Waals surface area contributed by atoms with Crippen molar-refractivity contribution in [3.05, 3.63) is 48.0 Å². The fraction of sp³-hybridized carbons (Fsp3) is 0.176. The molecule has 2 aliphatic heterocycles. The number of fused-ring (bicyclic) bond motifs is 2. The zero-order chi connectivity index (χ0) is 17.8. The normalized spacial score (nSPS) is 16.5. The van der Waals surface area contributed by atoms with E-state index in [1.165, 1.54) is 17.0 Å². The maximum Gasteiger partial charge on any atom is 0.264 e. The van der Waals surface area contributed by atoms with E-state index >= 15 is 0 Å². The third kappa shape index (κ3) is 2.37. The number of carbonyl (C=O) groups is 2. The maximum absolute atomic E-state index is 13.1. The number of sulfonamides is 1. The minimum absolute atomic E-state index is 0.0647. The first kappa shape index (κ1) is 15.6. The zero-order valence-electron chi connectivity index (χ0n) is 13.4. The van der Waals surface area contributed by atoms with Crippen molar-refractivity contribution < 1.29 is 18.0 Å². The highest BCUT2D eigenvalue weighted by molar-refractivity contribution is 7.92. The molecule has 8 heteroatoms. The van der Waals surface area contributed by atoms with Crippen LogP contribution in [0.2, 0.25) is 0 Å². The van der Waals surface area contributed by atoms with Crippen molar-refractivity contribution >= 4 is 38.9 Å². The van der Waals surface area contributed by atoms with Crippen molar-refractivity contribution in [1.29, 1.82) is 0 Å². The number of likely N-dealkylation sites (N-methyl/N-ethyl adjacent to an activating group) is 1. The zero-order valence-corrected chi connectivity index (χ0v) is 14.2. The van der Waals surface area contributed by atoms with Gasteiger partial charge in [-0.2, -0.15) is 0 Å². The lowest BCUT2D eigenvalue weighted by Gasteiger charge is -2.34. The number of benzene rings is 2. The van der Waals surface area contributed by atoms with Gasteiger partial charge in [-0.05, 0) is 35.9 Å². The molecule has 0 aromatic heterocycles. The number of nitrogens with one attached hydrogen (secondary N) is 1. The van der Waals surface area contributed by atoms with Crippen molar-refractivity contribution in [2.24, 2.45) is 0 Å². The van der Waals surface area contributed by atoms with Gasteiger partial charge >= 0.3 is 0 Å². The Morgan fingerprint density at radius 2 is 1.76 bits per heavy atom. The molecular formula is C17H15N3O4S. The second kappa shape index (κ2) is 5.32.